The van der Waals surface area contributed by atoms with Crippen molar-refractivity contribution in [2.45, 2.75) is 26.2 Å². The van der Waals surface area contributed by atoms with Crippen LogP contribution in [0, 0.1) is 7.27 Å². The summed E-state index contributed by atoms with van der Waals surface area (Å²) in [5, 5.41) is 8.61. The molecular formula is C24H27IN4O3. The molecule has 0 aliphatic rings. The van der Waals surface area contributed by atoms with Gasteiger partial charge in [0.15, 0.2) is 0 Å². The van der Waals surface area contributed by atoms with E-state index in [1.54, 1.807) is 14.2 Å². The van der Waals surface area contributed by atoms with Gasteiger partial charge in [0, 0.05) is 0 Å². The van der Waals surface area contributed by atoms with Crippen molar-refractivity contribution >= 4 is 42.2 Å². The number of benzene rings is 2. The molecule has 0 atom stereocenters. The Hall–Kier alpha value is -2.88. The topological polar surface area (TPSA) is 82.3 Å². The van der Waals surface area contributed by atoms with Gasteiger partial charge in [0.2, 0.25) is 0 Å². The molecule has 2 aromatic heterocycles. The number of hydrogen-bond acceptors (Lipinski definition) is 7. The molecule has 2 heterocycles. The monoisotopic (exact) mass is 546 g/mol. The van der Waals surface area contributed by atoms with Gasteiger partial charge >= 0.3 is 195 Å². The average Bonchev–Trinajstić information content (AvgIpc) is 3.29. The molecule has 0 amide bonds. The van der Waals surface area contributed by atoms with Crippen LogP contribution in [-0.2, 0) is 5.41 Å². The Kier molecular flexibility index (Phi) is 6.23. The molecule has 7 nitrogen and oxygen atoms in total. The Balaban J connectivity index is 1.57. The number of ether oxygens (including phenoxy) is 2. The molecule has 0 aliphatic carbocycles. The van der Waals surface area contributed by atoms with Crippen LogP contribution in [0.2, 0.25) is 0 Å². The summed E-state index contributed by atoms with van der Waals surface area (Å²) in [6.45, 7) is 6.40. The Morgan fingerprint density at radius 1 is 0.938 bits per heavy atom. The number of fused-ring (bicyclic) bond motifs is 1. The first-order valence-electron chi connectivity index (χ1n) is 10.1. The number of nitrogens with one attached hydrogen (secondary N) is 1. The molecule has 2 aromatic carbocycles. The summed E-state index contributed by atoms with van der Waals surface area (Å²) in [6, 6.07) is 14.3. The van der Waals surface area contributed by atoms with E-state index in [9.17, 15) is 0 Å². The minimum absolute atomic E-state index is 0.0387. The predicted molar refractivity (Wildman–Crippen MR) is 135 cm³/mol. The van der Waals surface area contributed by atoms with Crippen molar-refractivity contribution in [2.24, 2.45) is 0 Å². The number of rotatable bonds is 6. The van der Waals surface area contributed by atoms with Crippen LogP contribution in [0.25, 0.3) is 10.9 Å². The first-order chi connectivity index (χ1) is 15.3. The maximum atomic E-state index is 5.59. The van der Waals surface area contributed by atoms with Gasteiger partial charge in [0.25, 0.3) is 0 Å². The second kappa shape index (κ2) is 8.93. The summed E-state index contributed by atoms with van der Waals surface area (Å²) in [5.74, 6) is 2.91. The van der Waals surface area contributed by atoms with Crippen molar-refractivity contribution in [3.63, 3.8) is 0 Å². The van der Waals surface area contributed by atoms with Crippen molar-refractivity contribution in [1.29, 1.82) is 0 Å². The van der Waals surface area contributed by atoms with Gasteiger partial charge in [0.1, 0.15) is 0 Å². The summed E-state index contributed by atoms with van der Waals surface area (Å²) in [6.07, 6.45) is 1.54. The Morgan fingerprint density at radius 3 is 2.25 bits per heavy atom. The van der Waals surface area contributed by atoms with E-state index in [0.29, 0.717) is 17.3 Å². The van der Waals surface area contributed by atoms with Gasteiger partial charge in [-0.1, -0.05) is 0 Å². The molecule has 0 saturated carbocycles. The van der Waals surface area contributed by atoms with E-state index in [0.717, 1.165) is 26.1 Å². The van der Waals surface area contributed by atoms with Crippen molar-refractivity contribution < 1.29 is 14.0 Å². The SMILES string of the molecule is COc1cc2ncnc(Nc3ccc(I(C)c4cc(C(C)(C)C)on4)cc3)c2cc1OC. The third-order valence-electron chi connectivity index (χ3n) is 5.09. The number of alkyl halides is 1. The van der Waals surface area contributed by atoms with Gasteiger partial charge in [-0.2, -0.15) is 0 Å². The summed E-state index contributed by atoms with van der Waals surface area (Å²) in [7, 11) is 3.23. The van der Waals surface area contributed by atoms with Gasteiger partial charge < -0.3 is 0 Å². The predicted octanol–water partition coefficient (Wildman–Crippen LogP) is 5.85. The summed E-state index contributed by atoms with van der Waals surface area (Å²) in [4.78, 5) is 11.1. The average molecular weight is 546 g/mol. The van der Waals surface area contributed by atoms with Gasteiger partial charge in [-0.15, -0.1) is 0 Å². The van der Waals surface area contributed by atoms with Gasteiger partial charge in [-0.3, -0.25) is 0 Å². The number of aromatic nitrogens is 3. The molecule has 1 N–H and O–H groups in total. The molecule has 0 aliphatic heterocycles. The molecule has 4 aromatic rings. The van der Waals surface area contributed by atoms with Crippen LogP contribution < -0.4 is 14.8 Å². The number of halogens is 1. The quantitative estimate of drug-likeness (QED) is 0.240. The second-order valence-corrected chi connectivity index (χ2v) is 13.4. The van der Waals surface area contributed by atoms with Crippen LogP contribution in [0.15, 0.2) is 53.3 Å². The molecular weight excluding hydrogens is 519 g/mol. The van der Waals surface area contributed by atoms with E-state index in [1.807, 2.05) is 12.1 Å². The molecule has 0 radical (unpaired) electrons. The molecule has 4 rings (SSSR count). The van der Waals surface area contributed by atoms with E-state index in [2.05, 4.69) is 76.5 Å². The third kappa shape index (κ3) is 4.50. The third-order valence-corrected chi connectivity index (χ3v) is 9.84. The molecule has 0 spiro atoms. The zero-order chi connectivity index (χ0) is 22.9. The van der Waals surface area contributed by atoms with E-state index in [1.165, 1.54) is 9.90 Å². The standard InChI is InChI=1S/C24H27IN4O3/c1-24(2,3)21-13-22(29-32-21)25(4)15-7-9-16(10-8-15)28-23-17-11-19(30-5)20(31-6)12-18(17)26-14-27-23/h7-14H,1-6H3,(H,26,27,28). The van der Waals surface area contributed by atoms with Gasteiger partial charge in [0.05, 0.1) is 0 Å². The normalized spacial score (nSPS) is 12.0. The van der Waals surface area contributed by atoms with E-state index >= 15 is 0 Å². The zero-order valence-electron chi connectivity index (χ0n) is 19.1. The van der Waals surface area contributed by atoms with Crippen LogP contribution in [0.5, 0.6) is 11.5 Å². The fourth-order valence-electron chi connectivity index (χ4n) is 3.19. The molecule has 0 unspecified atom stereocenters. The van der Waals surface area contributed by atoms with Crippen molar-refractivity contribution in [2.75, 3.05) is 24.5 Å². The van der Waals surface area contributed by atoms with Crippen molar-refractivity contribution in [3.8, 4) is 11.5 Å². The summed E-state index contributed by atoms with van der Waals surface area (Å²) < 4.78 is 18.8. The summed E-state index contributed by atoms with van der Waals surface area (Å²) in [5.41, 5.74) is 1.69. The number of methoxy groups -OCH3 is 2. The first kappa shape index (κ1) is 22.3. The van der Waals surface area contributed by atoms with Gasteiger partial charge in [-0.05, 0) is 0 Å². The zero-order valence-corrected chi connectivity index (χ0v) is 21.2. The van der Waals surface area contributed by atoms with Crippen LogP contribution in [-0.4, -0.2) is 34.3 Å². The second-order valence-electron chi connectivity index (χ2n) is 8.31. The first-order valence-corrected chi connectivity index (χ1v) is 14.4. The maximum absolute atomic E-state index is 5.59. The van der Waals surface area contributed by atoms with E-state index < -0.39 is 19.8 Å². The van der Waals surface area contributed by atoms with Crippen LogP contribution in [0.4, 0.5) is 11.5 Å². The molecule has 168 valence electrons. The fourth-order valence-corrected chi connectivity index (χ4v) is 6.41. The molecule has 0 saturated heterocycles. The van der Waals surface area contributed by atoms with Crippen LogP contribution in [0.1, 0.15) is 26.5 Å². The van der Waals surface area contributed by atoms with Crippen LogP contribution in [0.3, 0.4) is 0 Å². The van der Waals surface area contributed by atoms with Gasteiger partial charge in [-0.25, -0.2) is 0 Å². The Labute approximate surface area is 194 Å². The fraction of sp³-hybridized carbons (Fsp3) is 0.292. The molecule has 0 fully saturated rings. The van der Waals surface area contributed by atoms with Crippen LogP contribution >= 0.6 is 19.8 Å². The molecule has 0 bridgehead atoms. The van der Waals surface area contributed by atoms with E-state index in [-0.39, 0.29) is 5.41 Å². The molecule has 32 heavy (non-hydrogen) atoms. The number of nitrogens with zero attached hydrogens (tertiary/aromatic N) is 3. The summed E-state index contributed by atoms with van der Waals surface area (Å²) >= 11 is -1.62. The number of hydrogen-bond donors (Lipinski definition) is 1. The Bertz CT molecular complexity index is 1230. The number of anilines is 2. The minimum atomic E-state index is -1.62. The van der Waals surface area contributed by atoms with E-state index in [4.69, 9.17) is 14.0 Å². The van der Waals surface area contributed by atoms with Crippen molar-refractivity contribution in [3.05, 3.63) is 61.8 Å². The van der Waals surface area contributed by atoms with Crippen molar-refractivity contribution in [1.82, 2.24) is 15.1 Å². The molecule has 8 heteroatoms. The Morgan fingerprint density at radius 2 is 1.62 bits per heavy atom.